The van der Waals surface area contributed by atoms with E-state index >= 15 is 0 Å². The highest BCUT2D eigenvalue weighted by molar-refractivity contribution is 5.91. The van der Waals surface area contributed by atoms with Crippen molar-refractivity contribution in [2.24, 2.45) is 0 Å². The van der Waals surface area contributed by atoms with Gasteiger partial charge in [-0.05, 0) is 42.0 Å². The molecule has 38 heavy (non-hydrogen) atoms. The Balaban J connectivity index is 1.48. The van der Waals surface area contributed by atoms with Crippen LogP contribution in [0.3, 0.4) is 0 Å². The predicted octanol–water partition coefficient (Wildman–Crippen LogP) is 7.07. The van der Waals surface area contributed by atoms with Crippen molar-refractivity contribution >= 4 is 17.5 Å². The number of nitrogens with zero attached hydrogens (tertiary/aromatic N) is 4. The minimum atomic E-state index is -4.44. The Bertz CT molecular complexity index is 1270. The number of aryl methyl sites for hydroxylation is 1. The topological polar surface area (TPSA) is 61.4 Å². The third kappa shape index (κ3) is 6.09. The van der Waals surface area contributed by atoms with Gasteiger partial charge in [-0.25, -0.2) is 14.8 Å². The second kappa shape index (κ2) is 11.0. The van der Waals surface area contributed by atoms with Crippen molar-refractivity contribution in [2.75, 3.05) is 36.4 Å². The maximum Gasteiger partial charge on any atom is 0.416 e. The lowest BCUT2D eigenvalue weighted by Gasteiger charge is -2.36. The van der Waals surface area contributed by atoms with Gasteiger partial charge in [0.1, 0.15) is 5.82 Å². The zero-order valence-electron chi connectivity index (χ0n) is 22.4. The van der Waals surface area contributed by atoms with Gasteiger partial charge in [0.2, 0.25) is 0 Å². The quantitative estimate of drug-likeness (QED) is 0.387. The van der Waals surface area contributed by atoms with Crippen molar-refractivity contribution in [2.45, 2.75) is 52.6 Å². The summed E-state index contributed by atoms with van der Waals surface area (Å²) in [6.45, 7) is 12.4. The minimum absolute atomic E-state index is 0.136. The molecule has 1 fully saturated rings. The lowest BCUT2D eigenvalue weighted by Crippen LogP contribution is -2.50. The summed E-state index contributed by atoms with van der Waals surface area (Å²) in [6.07, 6.45) is -4.44. The molecule has 2 aromatic carbocycles. The normalized spacial score (nSPS) is 14.4. The van der Waals surface area contributed by atoms with Crippen LogP contribution in [0.1, 0.15) is 61.9 Å². The van der Waals surface area contributed by atoms with E-state index in [1.165, 1.54) is 6.07 Å². The lowest BCUT2D eigenvalue weighted by atomic mass is 9.93. The number of halogens is 3. The van der Waals surface area contributed by atoms with Crippen LogP contribution in [0.5, 0.6) is 0 Å². The number of anilines is 2. The first-order valence-corrected chi connectivity index (χ1v) is 12.9. The molecule has 1 aliphatic heterocycles. The Morgan fingerprint density at radius 2 is 1.50 bits per heavy atom. The van der Waals surface area contributed by atoms with Crippen LogP contribution in [0.15, 0.2) is 48.5 Å². The van der Waals surface area contributed by atoms with E-state index in [0.29, 0.717) is 43.3 Å². The summed E-state index contributed by atoms with van der Waals surface area (Å²) >= 11 is 0. The first kappa shape index (κ1) is 27.4. The predicted molar refractivity (Wildman–Crippen MR) is 145 cm³/mol. The van der Waals surface area contributed by atoms with Crippen molar-refractivity contribution in [3.05, 3.63) is 70.9 Å². The summed E-state index contributed by atoms with van der Waals surface area (Å²) in [6, 6.07) is 12.9. The van der Waals surface area contributed by atoms with Gasteiger partial charge in [-0.2, -0.15) is 13.2 Å². The molecular weight excluding hydrogens is 491 g/mol. The van der Waals surface area contributed by atoms with Crippen LogP contribution in [-0.4, -0.2) is 47.1 Å². The Kier molecular flexibility index (Phi) is 7.94. The molecule has 3 aromatic rings. The second-order valence-corrected chi connectivity index (χ2v) is 10.3. The molecule has 2 heterocycles. The molecule has 0 bridgehead atoms. The largest absolute Gasteiger partial charge is 0.416 e. The summed E-state index contributed by atoms with van der Waals surface area (Å²) in [5.74, 6) is 1.43. The molecule has 6 nitrogen and oxygen atoms in total. The third-order valence-electron chi connectivity index (χ3n) is 6.78. The smallest absolute Gasteiger partial charge is 0.353 e. The van der Waals surface area contributed by atoms with E-state index in [4.69, 9.17) is 0 Å². The van der Waals surface area contributed by atoms with Crippen LogP contribution in [-0.2, 0) is 6.18 Å². The first-order chi connectivity index (χ1) is 17.9. The molecule has 1 aliphatic rings. The number of hydrogen-bond donors (Lipinski definition) is 1. The Hall–Kier alpha value is -3.62. The van der Waals surface area contributed by atoms with Crippen molar-refractivity contribution in [3.8, 4) is 11.4 Å². The molecule has 1 N–H and O–H groups in total. The number of piperazine rings is 1. The molecule has 4 rings (SSSR count). The highest BCUT2D eigenvalue weighted by atomic mass is 19.4. The summed E-state index contributed by atoms with van der Waals surface area (Å²) in [4.78, 5) is 26.0. The van der Waals surface area contributed by atoms with Crippen molar-refractivity contribution in [1.29, 1.82) is 0 Å². The van der Waals surface area contributed by atoms with Crippen molar-refractivity contribution in [3.63, 3.8) is 0 Å². The van der Waals surface area contributed by atoms with Crippen LogP contribution >= 0.6 is 0 Å². The highest BCUT2D eigenvalue weighted by Crippen LogP contribution is 2.33. The van der Waals surface area contributed by atoms with Gasteiger partial charge in [-0.1, -0.05) is 58.0 Å². The van der Waals surface area contributed by atoms with E-state index in [1.807, 2.05) is 17.0 Å². The van der Waals surface area contributed by atoms with E-state index in [9.17, 15) is 18.0 Å². The number of rotatable bonds is 5. The van der Waals surface area contributed by atoms with Gasteiger partial charge < -0.3 is 15.1 Å². The summed E-state index contributed by atoms with van der Waals surface area (Å²) in [5.41, 5.74) is 3.35. The Morgan fingerprint density at radius 1 is 0.895 bits per heavy atom. The molecule has 0 unspecified atom stereocenters. The number of benzene rings is 2. The number of alkyl halides is 3. The molecule has 0 atom stereocenters. The Morgan fingerprint density at radius 3 is 2.08 bits per heavy atom. The van der Waals surface area contributed by atoms with Crippen LogP contribution in [0, 0.1) is 6.92 Å². The highest BCUT2D eigenvalue weighted by Gasteiger charge is 2.31. The number of carbonyl (C=O) groups excluding carboxylic acids is 1. The minimum Gasteiger partial charge on any atom is -0.353 e. The first-order valence-electron chi connectivity index (χ1n) is 12.9. The number of aromatic nitrogens is 2. The summed E-state index contributed by atoms with van der Waals surface area (Å²) in [7, 11) is 0. The number of para-hydroxylation sites is 1. The monoisotopic (exact) mass is 525 g/mol. The number of amides is 2. The van der Waals surface area contributed by atoms with Crippen LogP contribution in [0.25, 0.3) is 11.4 Å². The SMILES string of the molecule is Cc1cc(N2CCN(C(=O)Nc3c(C(C)C)cccc3C(C)C)CC2)nc(-c2cccc(C(F)(F)F)c2)n1. The molecule has 0 aliphatic carbocycles. The molecular formula is C29H34F3N5O. The summed E-state index contributed by atoms with van der Waals surface area (Å²) < 4.78 is 39.6. The van der Waals surface area contributed by atoms with Gasteiger partial charge in [-0.3, -0.25) is 0 Å². The molecule has 1 aromatic heterocycles. The molecule has 2 amide bonds. The molecule has 1 saturated heterocycles. The van der Waals surface area contributed by atoms with Crippen LogP contribution in [0.2, 0.25) is 0 Å². The average Bonchev–Trinajstić information content (AvgIpc) is 2.87. The van der Waals surface area contributed by atoms with Gasteiger partial charge in [0.05, 0.1) is 5.56 Å². The fourth-order valence-electron chi connectivity index (χ4n) is 4.70. The van der Waals surface area contributed by atoms with E-state index in [-0.39, 0.29) is 23.7 Å². The number of urea groups is 1. The number of hydrogen-bond acceptors (Lipinski definition) is 4. The van der Waals surface area contributed by atoms with Crippen molar-refractivity contribution < 1.29 is 18.0 Å². The molecule has 202 valence electrons. The maximum atomic E-state index is 13.2. The zero-order chi connectivity index (χ0) is 27.6. The van der Waals surface area contributed by atoms with E-state index < -0.39 is 11.7 Å². The fourth-order valence-corrected chi connectivity index (χ4v) is 4.70. The Labute approximate surface area is 221 Å². The molecule has 0 saturated carbocycles. The average molecular weight is 526 g/mol. The van der Waals surface area contributed by atoms with E-state index in [2.05, 4.69) is 55.1 Å². The van der Waals surface area contributed by atoms with E-state index in [1.54, 1.807) is 17.9 Å². The number of carbonyl (C=O) groups is 1. The van der Waals surface area contributed by atoms with Gasteiger partial charge >= 0.3 is 12.2 Å². The third-order valence-corrected chi connectivity index (χ3v) is 6.78. The lowest BCUT2D eigenvalue weighted by molar-refractivity contribution is -0.137. The van der Waals surface area contributed by atoms with E-state index in [0.717, 1.165) is 28.9 Å². The van der Waals surface area contributed by atoms with Gasteiger partial charge in [0.15, 0.2) is 5.82 Å². The molecule has 0 spiro atoms. The van der Waals surface area contributed by atoms with Gasteiger partial charge in [0.25, 0.3) is 0 Å². The van der Waals surface area contributed by atoms with Gasteiger partial charge in [-0.15, -0.1) is 0 Å². The van der Waals surface area contributed by atoms with Crippen LogP contribution < -0.4 is 10.2 Å². The molecule has 9 heteroatoms. The van der Waals surface area contributed by atoms with Crippen LogP contribution in [0.4, 0.5) is 29.5 Å². The van der Waals surface area contributed by atoms with Gasteiger partial charge in [0, 0.05) is 49.2 Å². The molecule has 0 radical (unpaired) electrons. The zero-order valence-corrected chi connectivity index (χ0v) is 22.4. The maximum absolute atomic E-state index is 13.2. The number of nitrogens with one attached hydrogen (secondary N) is 1. The second-order valence-electron chi connectivity index (χ2n) is 10.3. The fraction of sp³-hybridized carbons (Fsp3) is 0.414. The standard InChI is InChI=1S/C29H34F3N5O/c1-18(2)23-10-7-11-24(19(3)4)26(23)35-28(38)37-14-12-36(13-15-37)25-16-20(5)33-27(34-25)21-8-6-9-22(17-21)29(30,31)32/h6-11,16-19H,12-15H2,1-5H3,(H,35,38). The van der Waals surface area contributed by atoms with Crippen molar-refractivity contribution in [1.82, 2.24) is 14.9 Å². The summed E-state index contributed by atoms with van der Waals surface area (Å²) in [5, 5.41) is 3.17.